The van der Waals surface area contributed by atoms with Crippen LogP contribution in [0.5, 0.6) is 0 Å². The largest absolute Gasteiger partial charge is 0.483 e. The average Bonchev–Trinajstić information content (AvgIpc) is 3.39. The lowest BCUT2D eigenvalue weighted by atomic mass is 10.1. The van der Waals surface area contributed by atoms with Crippen LogP contribution in [0.25, 0.3) is 0 Å². The second-order valence-electron chi connectivity index (χ2n) is 5.45. The van der Waals surface area contributed by atoms with Crippen molar-refractivity contribution >= 4 is 9.53 Å². The first kappa shape index (κ1) is 20.0. The van der Waals surface area contributed by atoms with Crippen LogP contribution >= 0.6 is 0 Å². The molecule has 1 aromatic carbocycles. The van der Waals surface area contributed by atoms with Crippen molar-refractivity contribution < 1.29 is 13.3 Å². The van der Waals surface area contributed by atoms with Crippen molar-refractivity contribution in [1.82, 2.24) is 10.6 Å². The summed E-state index contributed by atoms with van der Waals surface area (Å²) in [6.07, 6.45) is 4.92. The highest BCUT2D eigenvalue weighted by atomic mass is 28.3. The fourth-order valence-electron chi connectivity index (χ4n) is 2.17. The van der Waals surface area contributed by atoms with Crippen molar-refractivity contribution in [2.75, 3.05) is 21.3 Å². The molecular formula is C17H30N2O3Si. The minimum Gasteiger partial charge on any atom is -0.379 e. The standard InChI is InChI=1S/C14H20N2.C3H10O3Si/c1-3-14(12-7-5-4-6-8-12)16-11(2)15-13-9-10-13;1-4-7(5-2)6-3/h3-8,11,13-16H,1,9-10H2,2H3;7H,1-3H3. The zero-order valence-corrected chi connectivity index (χ0v) is 15.8. The molecule has 2 N–H and O–H groups in total. The van der Waals surface area contributed by atoms with Crippen molar-refractivity contribution in [1.29, 1.82) is 0 Å². The van der Waals surface area contributed by atoms with Gasteiger partial charge < -0.3 is 13.3 Å². The maximum atomic E-state index is 4.74. The van der Waals surface area contributed by atoms with Crippen LogP contribution in [0, 0.1) is 0 Å². The van der Waals surface area contributed by atoms with Gasteiger partial charge in [-0.3, -0.25) is 10.6 Å². The number of rotatable bonds is 9. The van der Waals surface area contributed by atoms with Gasteiger partial charge in [-0.05, 0) is 25.3 Å². The lowest BCUT2D eigenvalue weighted by Gasteiger charge is -2.22. The molecule has 1 aromatic rings. The van der Waals surface area contributed by atoms with Gasteiger partial charge in [-0.15, -0.1) is 6.58 Å². The van der Waals surface area contributed by atoms with Gasteiger partial charge in [-0.25, -0.2) is 0 Å². The van der Waals surface area contributed by atoms with Gasteiger partial charge in [0.15, 0.2) is 0 Å². The fraction of sp³-hybridized carbons (Fsp3) is 0.529. The minimum atomic E-state index is -1.67. The summed E-state index contributed by atoms with van der Waals surface area (Å²) < 4.78 is 14.2. The van der Waals surface area contributed by atoms with Gasteiger partial charge in [0.2, 0.25) is 0 Å². The van der Waals surface area contributed by atoms with Gasteiger partial charge in [0.1, 0.15) is 0 Å². The third-order valence-electron chi connectivity index (χ3n) is 3.46. The van der Waals surface area contributed by atoms with Crippen LogP contribution < -0.4 is 10.6 Å². The third-order valence-corrected chi connectivity index (χ3v) is 4.62. The molecule has 1 aliphatic rings. The molecule has 23 heavy (non-hydrogen) atoms. The second kappa shape index (κ2) is 11.5. The molecule has 6 heteroatoms. The van der Waals surface area contributed by atoms with E-state index in [0.29, 0.717) is 6.17 Å². The summed E-state index contributed by atoms with van der Waals surface area (Å²) in [5, 5.41) is 7.05. The Labute approximate surface area is 142 Å². The zero-order chi connectivity index (χ0) is 17.1. The van der Waals surface area contributed by atoms with E-state index in [9.17, 15) is 0 Å². The Balaban J connectivity index is 0.000000322. The smallest absolute Gasteiger partial charge is 0.379 e. The molecule has 1 aliphatic carbocycles. The van der Waals surface area contributed by atoms with Crippen molar-refractivity contribution in [3.8, 4) is 0 Å². The molecule has 2 rings (SSSR count). The molecular weight excluding hydrogens is 308 g/mol. The summed E-state index contributed by atoms with van der Waals surface area (Å²) >= 11 is 0. The molecule has 0 heterocycles. The Bertz CT molecular complexity index is 420. The van der Waals surface area contributed by atoms with E-state index < -0.39 is 9.53 Å². The molecule has 0 radical (unpaired) electrons. The summed E-state index contributed by atoms with van der Waals surface area (Å²) in [7, 11) is 3.05. The second-order valence-corrected chi connectivity index (χ2v) is 7.44. The van der Waals surface area contributed by atoms with Crippen LogP contribution in [0.1, 0.15) is 31.4 Å². The van der Waals surface area contributed by atoms with Gasteiger partial charge in [0.05, 0.1) is 12.2 Å². The molecule has 2 atom stereocenters. The van der Waals surface area contributed by atoms with E-state index in [1.54, 1.807) is 21.3 Å². The van der Waals surface area contributed by atoms with Crippen LogP contribution in [0.4, 0.5) is 0 Å². The van der Waals surface area contributed by atoms with Gasteiger partial charge in [-0.1, -0.05) is 36.4 Å². The van der Waals surface area contributed by atoms with Crippen molar-refractivity contribution in [2.24, 2.45) is 0 Å². The lowest BCUT2D eigenvalue weighted by molar-refractivity contribution is 0.163. The minimum absolute atomic E-state index is 0.224. The Morgan fingerprint density at radius 2 is 1.70 bits per heavy atom. The van der Waals surface area contributed by atoms with E-state index in [-0.39, 0.29) is 6.04 Å². The zero-order valence-electron chi connectivity index (χ0n) is 14.6. The number of benzene rings is 1. The molecule has 0 amide bonds. The van der Waals surface area contributed by atoms with Crippen LogP contribution in [0.15, 0.2) is 43.0 Å². The summed E-state index contributed by atoms with van der Waals surface area (Å²) in [5.74, 6) is 0. The predicted molar refractivity (Wildman–Crippen MR) is 96.3 cm³/mol. The van der Waals surface area contributed by atoms with Crippen LogP contribution in [-0.4, -0.2) is 43.1 Å². The number of hydrogen-bond acceptors (Lipinski definition) is 5. The number of nitrogens with one attached hydrogen (secondary N) is 2. The summed E-state index contributed by atoms with van der Waals surface area (Å²) in [4.78, 5) is 0. The van der Waals surface area contributed by atoms with E-state index in [1.807, 2.05) is 12.1 Å². The van der Waals surface area contributed by atoms with Crippen molar-refractivity contribution in [2.45, 2.75) is 38.0 Å². The van der Waals surface area contributed by atoms with Crippen molar-refractivity contribution in [3.05, 3.63) is 48.6 Å². The number of hydrogen-bond donors (Lipinski definition) is 2. The maximum Gasteiger partial charge on any atom is 0.483 e. The molecule has 0 aliphatic heterocycles. The Kier molecular flexibility index (Phi) is 10.0. The first-order valence-corrected chi connectivity index (χ1v) is 9.34. The van der Waals surface area contributed by atoms with Gasteiger partial charge >= 0.3 is 9.53 Å². The molecule has 0 bridgehead atoms. The average molecular weight is 339 g/mol. The molecule has 5 nitrogen and oxygen atoms in total. The SMILES string of the molecule is C=CC(NC(C)NC1CC1)c1ccccc1.CO[SiH](OC)OC. The highest BCUT2D eigenvalue weighted by Crippen LogP contribution is 2.20. The Morgan fingerprint density at radius 1 is 1.13 bits per heavy atom. The molecule has 1 saturated carbocycles. The Hall–Kier alpha value is -1.02. The van der Waals surface area contributed by atoms with E-state index in [2.05, 4.69) is 48.4 Å². The quantitative estimate of drug-likeness (QED) is 0.411. The summed E-state index contributed by atoms with van der Waals surface area (Å²) in [6.45, 7) is 6.06. The molecule has 1 fully saturated rings. The highest BCUT2D eigenvalue weighted by Gasteiger charge is 2.23. The first-order chi connectivity index (χ1) is 11.1. The normalized spacial score (nSPS) is 16.4. The highest BCUT2D eigenvalue weighted by molar-refractivity contribution is 6.36. The third kappa shape index (κ3) is 8.41. The van der Waals surface area contributed by atoms with Crippen molar-refractivity contribution in [3.63, 3.8) is 0 Å². The van der Waals surface area contributed by atoms with E-state index in [1.165, 1.54) is 18.4 Å². The first-order valence-electron chi connectivity index (χ1n) is 7.92. The van der Waals surface area contributed by atoms with Gasteiger partial charge in [0.25, 0.3) is 0 Å². The van der Waals surface area contributed by atoms with Crippen LogP contribution in [0.2, 0.25) is 0 Å². The molecule has 0 aromatic heterocycles. The summed E-state index contributed by atoms with van der Waals surface area (Å²) in [6, 6.07) is 11.4. The van der Waals surface area contributed by atoms with Gasteiger partial charge in [0, 0.05) is 27.4 Å². The van der Waals surface area contributed by atoms with Crippen LogP contribution in [0.3, 0.4) is 0 Å². The van der Waals surface area contributed by atoms with E-state index in [4.69, 9.17) is 13.3 Å². The van der Waals surface area contributed by atoms with E-state index >= 15 is 0 Å². The van der Waals surface area contributed by atoms with E-state index in [0.717, 1.165) is 6.04 Å². The predicted octanol–water partition coefficient (Wildman–Crippen LogP) is 2.24. The summed E-state index contributed by atoms with van der Waals surface area (Å²) in [5.41, 5.74) is 1.27. The molecule has 0 spiro atoms. The monoisotopic (exact) mass is 338 g/mol. The topological polar surface area (TPSA) is 51.8 Å². The fourth-order valence-corrected chi connectivity index (χ4v) is 2.75. The van der Waals surface area contributed by atoms with Gasteiger partial charge in [-0.2, -0.15) is 0 Å². The maximum absolute atomic E-state index is 4.74. The molecule has 0 saturated heterocycles. The van der Waals surface area contributed by atoms with Crippen LogP contribution in [-0.2, 0) is 13.3 Å². The lowest BCUT2D eigenvalue weighted by Crippen LogP contribution is -2.42. The molecule has 2 unspecified atom stereocenters. The molecule has 130 valence electrons. The Morgan fingerprint density at radius 3 is 2.09 bits per heavy atom.